The van der Waals surface area contributed by atoms with Gasteiger partial charge in [-0.2, -0.15) is 0 Å². The van der Waals surface area contributed by atoms with Gasteiger partial charge in [0.2, 0.25) is 5.91 Å². The minimum Gasteiger partial charge on any atom is -0.397 e. The van der Waals surface area contributed by atoms with Gasteiger partial charge in [0.25, 0.3) is 0 Å². The molecular formula is C14H19N5OS. The van der Waals surface area contributed by atoms with Crippen molar-refractivity contribution in [3.05, 3.63) is 30.1 Å². The number of para-hydroxylation sites is 2. The van der Waals surface area contributed by atoms with Crippen LogP contribution in [0.1, 0.15) is 18.7 Å². The van der Waals surface area contributed by atoms with Crippen LogP contribution in [0.5, 0.6) is 0 Å². The maximum Gasteiger partial charge on any atom is 0.224 e. The monoisotopic (exact) mass is 305 g/mol. The number of aromatic nitrogens is 3. The third-order valence-electron chi connectivity index (χ3n) is 3.07. The molecular weight excluding hydrogens is 286 g/mol. The first-order valence-electron chi connectivity index (χ1n) is 6.71. The molecule has 21 heavy (non-hydrogen) atoms. The molecule has 0 unspecified atom stereocenters. The predicted octanol–water partition coefficient (Wildman–Crippen LogP) is 2.22. The van der Waals surface area contributed by atoms with Gasteiger partial charge in [-0.1, -0.05) is 23.9 Å². The number of thioether (sulfide) groups is 1. The molecule has 1 aromatic heterocycles. The summed E-state index contributed by atoms with van der Waals surface area (Å²) in [6, 6.07) is 7.24. The number of nitrogen functional groups attached to an aromatic ring is 1. The third kappa shape index (κ3) is 4.22. The largest absolute Gasteiger partial charge is 0.397 e. The highest BCUT2D eigenvalue weighted by Crippen LogP contribution is 2.19. The fraction of sp³-hybridized carbons (Fsp3) is 0.357. The van der Waals surface area contributed by atoms with E-state index in [9.17, 15) is 4.79 Å². The number of rotatable bonds is 6. The number of nitrogens with two attached hydrogens (primary N) is 1. The number of nitrogens with zero attached hydrogens (tertiary/aromatic N) is 3. The maximum atomic E-state index is 11.8. The Kier molecular flexibility index (Phi) is 5.21. The summed E-state index contributed by atoms with van der Waals surface area (Å²) in [5.74, 6) is 1.68. The molecule has 0 aliphatic carbocycles. The first-order valence-corrected chi connectivity index (χ1v) is 7.69. The standard InChI is InChI=1S/C14H19N5OS/c1-10-17-18-14(19(10)2)21-9-5-8-13(20)16-12-7-4-3-6-11(12)15/h3-4,6-7H,5,8-9,15H2,1-2H3,(H,16,20). The van der Waals surface area contributed by atoms with Crippen LogP contribution >= 0.6 is 11.8 Å². The molecule has 3 N–H and O–H groups in total. The Labute approximate surface area is 128 Å². The number of amides is 1. The van der Waals surface area contributed by atoms with Gasteiger partial charge in [-0.25, -0.2) is 0 Å². The normalized spacial score (nSPS) is 10.6. The van der Waals surface area contributed by atoms with E-state index in [1.165, 1.54) is 0 Å². The van der Waals surface area contributed by atoms with Crippen LogP contribution < -0.4 is 11.1 Å². The van der Waals surface area contributed by atoms with Crippen LogP contribution in [0.3, 0.4) is 0 Å². The number of carbonyl (C=O) groups excluding carboxylic acids is 1. The van der Waals surface area contributed by atoms with Gasteiger partial charge in [-0.05, 0) is 25.5 Å². The Bertz CT molecular complexity index is 626. The van der Waals surface area contributed by atoms with Crippen LogP contribution in [0.25, 0.3) is 0 Å². The van der Waals surface area contributed by atoms with E-state index in [1.54, 1.807) is 23.9 Å². The highest BCUT2D eigenvalue weighted by Gasteiger charge is 2.07. The van der Waals surface area contributed by atoms with Gasteiger partial charge in [0.15, 0.2) is 5.16 Å². The van der Waals surface area contributed by atoms with E-state index in [0.717, 1.165) is 23.2 Å². The van der Waals surface area contributed by atoms with E-state index in [-0.39, 0.29) is 5.91 Å². The molecule has 0 bridgehead atoms. The quantitative estimate of drug-likeness (QED) is 0.485. The average molecular weight is 305 g/mol. The molecule has 0 saturated heterocycles. The number of anilines is 2. The molecule has 0 saturated carbocycles. The lowest BCUT2D eigenvalue weighted by molar-refractivity contribution is -0.116. The highest BCUT2D eigenvalue weighted by molar-refractivity contribution is 7.99. The Balaban J connectivity index is 1.73. The second-order valence-corrected chi connectivity index (χ2v) is 5.74. The summed E-state index contributed by atoms with van der Waals surface area (Å²) in [6.45, 7) is 1.91. The zero-order chi connectivity index (χ0) is 15.2. The summed E-state index contributed by atoms with van der Waals surface area (Å²) in [6.07, 6.45) is 1.23. The number of benzene rings is 1. The molecule has 6 nitrogen and oxygen atoms in total. The van der Waals surface area contributed by atoms with Crippen LogP contribution in [0.2, 0.25) is 0 Å². The summed E-state index contributed by atoms with van der Waals surface area (Å²) in [4.78, 5) is 11.8. The van der Waals surface area contributed by atoms with Crippen molar-refractivity contribution in [3.8, 4) is 0 Å². The Morgan fingerprint density at radius 3 is 2.81 bits per heavy atom. The molecule has 0 aliphatic heterocycles. The molecule has 112 valence electrons. The average Bonchev–Trinajstić information content (AvgIpc) is 2.78. The van der Waals surface area contributed by atoms with Gasteiger partial charge >= 0.3 is 0 Å². The second-order valence-electron chi connectivity index (χ2n) is 4.68. The number of hydrogen-bond donors (Lipinski definition) is 2. The smallest absolute Gasteiger partial charge is 0.224 e. The lowest BCUT2D eigenvalue weighted by Crippen LogP contribution is -2.12. The van der Waals surface area contributed by atoms with E-state index in [1.807, 2.05) is 30.7 Å². The van der Waals surface area contributed by atoms with Crippen LogP contribution in [0.15, 0.2) is 29.4 Å². The molecule has 0 spiro atoms. The zero-order valence-electron chi connectivity index (χ0n) is 12.2. The Morgan fingerprint density at radius 2 is 2.14 bits per heavy atom. The lowest BCUT2D eigenvalue weighted by Gasteiger charge is -2.07. The van der Waals surface area contributed by atoms with E-state index in [4.69, 9.17) is 5.73 Å². The Morgan fingerprint density at radius 1 is 1.38 bits per heavy atom. The summed E-state index contributed by atoms with van der Waals surface area (Å²) >= 11 is 1.60. The summed E-state index contributed by atoms with van der Waals surface area (Å²) in [7, 11) is 1.93. The van der Waals surface area contributed by atoms with Crippen molar-refractivity contribution in [1.29, 1.82) is 0 Å². The van der Waals surface area contributed by atoms with Crippen molar-refractivity contribution in [2.45, 2.75) is 24.9 Å². The van der Waals surface area contributed by atoms with E-state index < -0.39 is 0 Å². The molecule has 1 aromatic carbocycles. The fourth-order valence-electron chi connectivity index (χ4n) is 1.73. The van der Waals surface area contributed by atoms with Crippen LogP contribution in [-0.2, 0) is 11.8 Å². The zero-order valence-corrected chi connectivity index (χ0v) is 13.0. The topological polar surface area (TPSA) is 85.8 Å². The first-order chi connectivity index (χ1) is 10.1. The molecule has 1 amide bonds. The summed E-state index contributed by atoms with van der Waals surface area (Å²) in [5, 5.41) is 11.8. The van der Waals surface area contributed by atoms with E-state index >= 15 is 0 Å². The van der Waals surface area contributed by atoms with Gasteiger partial charge in [-0.3, -0.25) is 4.79 Å². The van der Waals surface area contributed by atoms with Crippen LogP contribution in [-0.4, -0.2) is 26.4 Å². The Hall–Kier alpha value is -2.02. The molecule has 2 rings (SSSR count). The van der Waals surface area contributed by atoms with Gasteiger partial charge in [0.1, 0.15) is 5.82 Å². The van der Waals surface area contributed by atoms with Crippen LogP contribution in [0, 0.1) is 6.92 Å². The highest BCUT2D eigenvalue weighted by atomic mass is 32.2. The molecule has 0 fully saturated rings. The molecule has 1 heterocycles. The summed E-state index contributed by atoms with van der Waals surface area (Å²) in [5.41, 5.74) is 7.03. The van der Waals surface area contributed by atoms with Crippen molar-refractivity contribution < 1.29 is 4.79 Å². The van der Waals surface area contributed by atoms with Gasteiger partial charge in [-0.15, -0.1) is 10.2 Å². The molecule has 0 atom stereocenters. The molecule has 2 aromatic rings. The molecule has 7 heteroatoms. The number of carbonyl (C=O) groups is 1. The number of hydrogen-bond acceptors (Lipinski definition) is 5. The van der Waals surface area contributed by atoms with Crippen molar-refractivity contribution in [3.63, 3.8) is 0 Å². The van der Waals surface area contributed by atoms with Crippen molar-refractivity contribution in [2.24, 2.45) is 7.05 Å². The fourth-order valence-corrected chi connectivity index (χ4v) is 2.63. The van der Waals surface area contributed by atoms with Crippen LogP contribution in [0.4, 0.5) is 11.4 Å². The SMILES string of the molecule is Cc1nnc(SCCCC(=O)Nc2ccccc2N)n1C. The summed E-state index contributed by atoms with van der Waals surface area (Å²) < 4.78 is 1.94. The molecule has 0 aliphatic rings. The van der Waals surface area contributed by atoms with Gasteiger partial charge < -0.3 is 15.6 Å². The molecule has 0 radical (unpaired) electrons. The van der Waals surface area contributed by atoms with Gasteiger partial charge in [0, 0.05) is 19.2 Å². The number of aryl methyl sites for hydroxylation is 1. The van der Waals surface area contributed by atoms with Gasteiger partial charge in [0.05, 0.1) is 11.4 Å². The van der Waals surface area contributed by atoms with Crippen molar-refractivity contribution >= 4 is 29.0 Å². The predicted molar refractivity (Wildman–Crippen MR) is 85.2 cm³/mol. The third-order valence-corrected chi connectivity index (χ3v) is 4.17. The van der Waals surface area contributed by atoms with Crippen molar-refractivity contribution in [1.82, 2.24) is 14.8 Å². The van der Waals surface area contributed by atoms with E-state index in [2.05, 4.69) is 15.5 Å². The first kappa shape index (κ1) is 15.4. The van der Waals surface area contributed by atoms with E-state index in [0.29, 0.717) is 17.8 Å². The number of nitrogens with one attached hydrogen (secondary N) is 1. The minimum atomic E-state index is -0.0253. The lowest BCUT2D eigenvalue weighted by atomic mass is 10.2. The minimum absolute atomic E-state index is 0.0253. The second kappa shape index (κ2) is 7.12. The van der Waals surface area contributed by atoms with Crippen molar-refractivity contribution in [2.75, 3.05) is 16.8 Å². The maximum absolute atomic E-state index is 11.8.